The van der Waals surface area contributed by atoms with Crippen molar-refractivity contribution in [3.8, 4) is 16.9 Å². The summed E-state index contributed by atoms with van der Waals surface area (Å²) in [6.07, 6.45) is 4.83. The number of aryl methyl sites for hydroxylation is 2. The van der Waals surface area contributed by atoms with E-state index in [1.54, 1.807) is 16.7 Å². The number of ether oxygens (including phenoxy) is 1. The van der Waals surface area contributed by atoms with Crippen LogP contribution in [0.25, 0.3) is 33.1 Å². The number of nitrogens with one attached hydrogen (secondary N) is 3. The van der Waals surface area contributed by atoms with Crippen molar-refractivity contribution in [2.45, 2.75) is 103 Å². The SMILES string of the molecule is CC(C)(C)[Si](C)(C)O[C@@H](CNCc1ccc2c(c1)oc(=O)n2CCCCCc1ccc(-c2ccccc2)c(NC(=O)O[C@H]2CN3CCC2CC3)c1)c1ccc(O)c2[nH]c(=O)ccc12. The topological polar surface area (TPSA) is 151 Å². The third-order valence-electron chi connectivity index (χ3n) is 13.5. The molecule has 0 saturated carbocycles. The lowest BCUT2D eigenvalue weighted by molar-refractivity contribution is -0.0289. The monoisotopic (exact) mass is 871 g/mol. The van der Waals surface area contributed by atoms with Crippen LogP contribution in [0.5, 0.6) is 5.75 Å². The Morgan fingerprint density at radius 1 is 0.937 bits per heavy atom. The van der Waals surface area contributed by atoms with Gasteiger partial charge in [0.25, 0.3) is 0 Å². The van der Waals surface area contributed by atoms with Crippen LogP contribution in [0.2, 0.25) is 18.1 Å². The molecule has 3 saturated heterocycles. The number of H-pyrrole nitrogens is 1. The number of fused-ring (bicyclic) bond motifs is 5. The van der Waals surface area contributed by atoms with E-state index in [-0.39, 0.29) is 34.3 Å². The predicted octanol–water partition coefficient (Wildman–Crippen LogP) is 9.72. The predicted molar refractivity (Wildman–Crippen MR) is 252 cm³/mol. The van der Waals surface area contributed by atoms with Crippen molar-refractivity contribution >= 4 is 42.1 Å². The summed E-state index contributed by atoms with van der Waals surface area (Å²) in [5.41, 5.74) is 7.14. The number of benzene rings is 4. The molecule has 6 aromatic rings. The summed E-state index contributed by atoms with van der Waals surface area (Å²) in [4.78, 5) is 43.6. The molecule has 13 heteroatoms. The molecular formula is C50H61N5O7Si. The maximum atomic E-state index is 13.2. The number of anilines is 1. The zero-order valence-corrected chi connectivity index (χ0v) is 38.2. The smallest absolute Gasteiger partial charge is 0.419 e. The van der Waals surface area contributed by atoms with Gasteiger partial charge in [0, 0.05) is 43.2 Å². The van der Waals surface area contributed by atoms with Crippen molar-refractivity contribution in [3.63, 3.8) is 0 Å². The minimum atomic E-state index is -2.24. The van der Waals surface area contributed by atoms with Gasteiger partial charge in [0.1, 0.15) is 11.9 Å². The Labute approximate surface area is 369 Å². The Morgan fingerprint density at radius 3 is 2.46 bits per heavy atom. The first-order valence-corrected chi connectivity index (χ1v) is 25.4. The number of phenols is 1. The molecule has 2 aromatic heterocycles. The lowest BCUT2D eigenvalue weighted by Gasteiger charge is -2.43. The van der Waals surface area contributed by atoms with Crippen LogP contribution in [0.15, 0.2) is 105 Å². The highest BCUT2D eigenvalue weighted by Gasteiger charge is 2.40. The van der Waals surface area contributed by atoms with Crippen LogP contribution >= 0.6 is 0 Å². The summed E-state index contributed by atoms with van der Waals surface area (Å²) in [5, 5.41) is 17.9. The number of rotatable bonds is 16. The van der Waals surface area contributed by atoms with Gasteiger partial charge in [-0.15, -0.1) is 0 Å². The number of nitrogens with zero attached hydrogens (tertiary/aromatic N) is 2. The number of piperidine rings is 3. The molecule has 332 valence electrons. The number of phenolic OH excluding ortho intramolecular Hbond substituents is 1. The molecule has 4 N–H and O–H groups in total. The van der Waals surface area contributed by atoms with Gasteiger partial charge >= 0.3 is 11.8 Å². The van der Waals surface area contributed by atoms with Gasteiger partial charge in [-0.25, -0.2) is 9.59 Å². The van der Waals surface area contributed by atoms with E-state index in [0.29, 0.717) is 36.7 Å². The van der Waals surface area contributed by atoms with Crippen LogP contribution in [0.3, 0.4) is 0 Å². The zero-order valence-electron chi connectivity index (χ0n) is 37.2. The molecule has 0 aliphatic carbocycles. The molecule has 12 nitrogen and oxygen atoms in total. The zero-order chi connectivity index (χ0) is 44.3. The summed E-state index contributed by atoms with van der Waals surface area (Å²) >= 11 is 0. The highest BCUT2D eigenvalue weighted by atomic mass is 28.4. The van der Waals surface area contributed by atoms with Crippen molar-refractivity contribution in [1.29, 1.82) is 0 Å². The first kappa shape index (κ1) is 44.1. The van der Waals surface area contributed by atoms with E-state index in [0.717, 1.165) is 103 Å². The molecule has 0 unspecified atom stereocenters. The van der Waals surface area contributed by atoms with Crippen LogP contribution in [-0.4, -0.2) is 66.3 Å². The number of aromatic nitrogens is 2. The first-order chi connectivity index (χ1) is 30.2. The second-order valence-corrected chi connectivity index (χ2v) is 23.6. The van der Waals surface area contributed by atoms with Crippen molar-refractivity contribution < 1.29 is 23.5 Å². The number of unbranched alkanes of at least 4 members (excludes halogenated alkanes) is 2. The van der Waals surface area contributed by atoms with Gasteiger partial charge in [-0.2, -0.15) is 0 Å². The summed E-state index contributed by atoms with van der Waals surface area (Å²) in [6, 6.07) is 28.9. The van der Waals surface area contributed by atoms with E-state index in [1.807, 2.05) is 54.6 Å². The second-order valence-electron chi connectivity index (χ2n) is 18.9. The highest BCUT2D eigenvalue weighted by Crippen LogP contribution is 2.41. The quantitative estimate of drug-likeness (QED) is 0.0551. The van der Waals surface area contributed by atoms with Gasteiger partial charge < -0.3 is 29.0 Å². The van der Waals surface area contributed by atoms with Gasteiger partial charge in [-0.05, 0) is 122 Å². The second kappa shape index (κ2) is 18.7. The van der Waals surface area contributed by atoms with E-state index in [9.17, 15) is 19.5 Å². The lowest BCUT2D eigenvalue weighted by Crippen LogP contribution is -2.52. The average Bonchev–Trinajstić information content (AvgIpc) is 3.57. The summed E-state index contributed by atoms with van der Waals surface area (Å²) in [5.74, 6) is 0.0815. The normalized spacial score (nSPS) is 18.2. The molecule has 5 heterocycles. The fourth-order valence-corrected chi connectivity index (χ4v) is 10.2. The molecule has 63 heavy (non-hydrogen) atoms. The Morgan fingerprint density at radius 2 is 1.71 bits per heavy atom. The highest BCUT2D eigenvalue weighted by molar-refractivity contribution is 6.74. The first-order valence-electron chi connectivity index (χ1n) is 22.5. The molecule has 1 amide bonds. The van der Waals surface area contributed by atoms with Crippen LogP contribution < -0.4 is 21.9 Å². The molecular weight excluding hydrogens is 811 g/mol. The summed E-state index contributed by atoms with van der Waals surface area (Å²) < 4.78 is 20.4. The maximum Gasteiger partial charge on any atom is 0.419 e. The van der Waals surface area contributed by atoms with Crippen LogP contribution in [0, 0.1) is 5.92 Å². The number of carbonyl (C=O) groups is 1. The number of amides is 1. The number of oxazole rings is 1. The third-order valence-corrected chi connectivity index (χ3v) is 18.0. The van der Waals surface area contributed by atoms with Gasteiger partial charge in [0.05, 0.1) is 22.8 Å². The fraction of sp³-hybridized carbons (Fsp3) is 0.420. The lowest BCUT2D eigenvalue weighted by atomic mass is 9.86. The van der Waals surface area contributed by atoms with Crippen LogP contribution in [0.1, 0.15) is 75.7 Å². The van der Waals surface area contributed by atoms with Crippen molar-refractivity contribution in [2.24, 2.45) is 5.92 Å². The molecule has 0 spiro atoms. The molecule has 3 aliphatic heterocycles. The van der Waals surface area contributed by atoms with Gasteiger partial charge in [-0.1, -0.05) is 81.8 Å². The maximum absolute atomic E-state index is 13.2. The summed E-state index contributed by atoms with van der Waals surface area (Å²) in [7, 11) is -2.24. The van der Waals surface area contributed by atoms with Gasteiger partial charge in [-0.3, -0.25) is 19.6 Å². The number of aromatic hydroxyl groups is 1. The standard InChI is InChI=1S/C50H61N5O7Si/c1-50(2,3)63(4,5)62-44(38-18-21-42(56)47-39(38)19-22-46(57)53-47)31-51-30-34-16-20-41-43(29-34)61-49(59)55(41)25-11-7-8-12-33-15-17-37(35-13-9-6-10-14-35)40(28-33)52-48(58)60-45-32-54-26-23-36(45)24-27-54/h6,9-10,13-22,28-29,36,44-45,51,56H,7-8,11-12,23-27,30-32H2,1-5H3,(H,52,58)(H,53,57)/t44-,45-/m0/s1. The number of carbonyl (C=O) groups excluding carboxylic acids is 1. The molecule has 0 radical (unpaired) electrons. The largest absolute Gasteiger partial charge is 0.506 e. The minimum Gasteiger partial charge on any atom is -0.506 e. The van der Waals surface area contributed by atoms with E-state index in [1.165, 1.54) is 6.07 Å². The minimum absolute atomic E-state index is 0.0135. The Bertz CT molecular complexity index is 2680. The molecule has 3 aliphatic rings. The Hall–Kier alpha value is -5.47. The van der Waals surface area contributed by atoms with Gasteiger partial charge in [0.15, 0.2) is 13.9 Å². The van der Waals surface area contributed by atoms with E-state index < -0.39 is 14.4 Å². The van der Waals surface area contributed by atoms with Gasteiger partial charge in [0.2, 0.25) is 5.56 Å². The van der Waals surface area contributed by atoms with E-state index in [4.69, 9.17) is 13.6 Å². The molecule has 2 bridgehead atoms. The number of pyridine rings is 1. The van der Waals surface area contributed by atoms with Crippen LogP contribution in [-0.2, 0) is 28.7 Å². The number of aromatic amines is 1. The fourth-order valence-electron chi connectivity index (χ4n) is 8.88. The summed E-state index contributed by atoms with van der Waals surface area (Å²) in [6.45, 7) is 15.6. The molecule has 4 aromatic carbocycles. The molecule has 3 fully saturated rings. The van der Waals surface area contributed by atoms with Crippen molar-refractivity contribution in [2.75, 3.05) is 31.5 Å². The van der Waals surface area contributed by atoms with E-state index >= 15 is 0 Å². The van der Waals surface area contributed by atoms with Crippen molar-refractivity contribution in [3.05, 3.63) is 129 Å². The van der Waals surface area contributed by atoms with Crippen molar-refractivity contribution in [1.82, 2.24) is 19.8 Å². The average molecular weight is 872 g/mol. The Kier molecular flexibility index (Phi) is 13.1. The Balaban J connectivity index is 0.877. The van der Waals surface area contributed by atoms with E-state index in [2.05, 4.69) is 72.6 Å². The number of hydrogen-bond acceptors (Lipinski definition) is 9. The molecule has 2 atom stereocenters. The van der Waals surface area contributed by atoms with Crippen LogP contribution in [0.4, 0.5) is 10.5 Å². The molecule has 9 rings (SSSR count). The third kappa shape index (κ3) is 10.2. The number of hydrogen-bond donors (Lipinski definition) is 4.